The molecule has 1 heterocycles. The predicted molar refractivity (Wildman–Crippen MR) is 50.1 cm³/mol. The first kappa shape index (κ1) is 7.47. The Morgan fingerprint density at radius 1 is 1.36 bits per heavy atom. The van der Waals surface area contributed by atoms with Crippen LogP contribution in [0.15, 0.2) is 4.99 Å². The zero-order chi connectivity index (χ0) is 7.68. The van der Waals surface area contributed by atoms with E-state index in [0.717, 1.165) is 5.84 Å². The fraction of sp³-hybridized carbons (Fsp3) is 0.875. The number of rotatable bonds is 2. The number of amidine groups is 1. The molecule has 0 amide bonds. The highest BCUT2D eigenvalue weighted by molar-refractivity contribution is 8.00. The molecule has 2 N–H and O–H groups in total. The summed E-state index contributed by atoms with van der Waals surface area (Å²) >= 11 is 1.96. The maximum absolute atomic E-state index is 5.85. The second-order valence-corrected chi connectivity index (χ2v) is 4.60. The molecule has 2 aliphatic rings. The number of hydrogen-bond acceptors (Lipinski definition) is 2. The van der Waals surface area contributed by atoms with Crippen LogP contribution in [0.1, 0.15) is 25.7 Å². The van der Waals surface area contributed by atoms with Gasteiger partial charge in [0.15, 0.2) is 0 Å². The average Bonchev–Trinajstić information content (AvgIpc) is 2.67. The lowest BCUT2D eigenvalue weighted by atomic mass is 10.2. The van der Waals surface area contributed by atoms with Crippen molar-refractivity contribution in [2.75, 3.05) is 5.75 Å². The summed E-state index contributed by atoms with van der Waals surface area (Å²) in [6.45, 7) is 0. The van der Waals surface area contributed by atoms with Gasteiger partial charge in [0.25, 0.3) is 0 Å². The van der Waals surface area contributed by atoms with Crippen LogP contribution in [-0.4, -0.2) is 22.9 Å². The van der Waals surface area contributed by atoms with Crippen LogP contribution >= 0.6 is 11.8 Å². The van der Waals surface area contributed by atoms with Gasteiger partial charge in [0.2, 0.25) is 0 Å². The molecule has 0 aromatic carbocycles. The van der Waals surface area contributed by atoms with Crippen LogP contribution < -0.4 is 5.73 Å². The van der Waals surface area contributed by atoms with Gasteiger partial charge in [0, 0.05) is 0 Å². The molecule has 1 atom stereocenters. The van der Waals surface area contributed by atoms with Crippen molar-refractivity contribution in [3.8, 4) is 0 Å². The van der Waals surface area contributed by atoms with Crippen molar-refractivity contribution >= 4 is 17.6 Å². The third-order valence-electron chi connectivity index (χ3n) is 2.14. The van der Waals surface area contributed by atoms with E-state index >= 15 is 0 Å². The molecule has 0 radical (unpaired) electrons. The number of hydrogen-bond donors (Lipinski definition) is 1. The van der Waals surface area contributed by atoms with Crippen LogP contribution in [0.4, 0.5) is 0 Å². The molecule has 0 aromatic heterocycles. The molecule has 0 bridgehead atoms. The minimum Gasteiger partial charge on any atom is -0.387 e. The highest BCUT2D eigenvalue weighted by Gasteiger charge is 2.24. The zero-order valence-corrected chi connectivity index (χ0v) is 7.44. The molecule has 1 saturated heterocycles. The van der Waals surface area contributed by atoms with Gasteiger partial charge in [-0.1, -0.05) is 0 Å². The van der Waals surface area contributed by atoms with Crippen molar-refractivity contribution in [1.29, 1.82) is 0 Å². The van der Waals surface area contributed by atoms with Crippen molar-refractivity contribution in [2.45, 2.75) is 37.0 Å². The lowest BCUT2D eigenvalue weighted by molar-refractivity contribution is 0.887. The van der Waals surface area contributed by atoms with Gasteiger partial charge in [0.05, 0.1) is 11.3 Å². The molecule has 3 heteroatoms. The molecule has 11 heavy (non-hydrogen) atoms. The Hall–Kier alpha value is -0.180. The molecule has 2 fully saturated rings. The van der Waals surface area contributed by atoms with Gasteiger partial charge >= 0.3 is 0 Å². The minimum absolute atomic E-state index is 0.551. The van der Waals surface area contributed by atoms with Crippen LogP contribution in [0.2, 0.25) is 0 Å². The fourth-order valence-electron chi connectivity index (χ4n) is 1.31. The number of aliphatic imine (C=N–C) groups is 1. The topological polar surface area (TPSA) is 38.4 Å². The van der Waals surface area contributed by atoms with E-state index in [9.17, 15) is 0 Å². The first-order valence-electron chi connectivity index (χ1n) is 4.31. The predicted octanol–water partition coefficient (Wildman–Crippen LogP) is 1.40. The molecular weight excluding hydrogens is 156 g/mol. The quantitative estimate of drug-likeness (QED) is 0.502. The molecule has 62 valence electrons. The summed E-state index contributed by atoms with van der Waals surface area (Å²) in [6.07, 6.45) is 5.08. The standard InChI is InChI=1S/C8H14N2S/c9-8(10-6-3-4-6)7-2-1-5-11-7/h6-7H,1-5H2,(H2,9,10). The van der Waals surface area contributed by atoms with Crippen LogP contribution in [0, 0.1) is 0 Å². The van der Waals surface area contributed by atoms with Crippen molar-refractivity contribution in [3.63, 3.8) is 0 Å². The Morgan fingerprint density at radius 3 is 2.73 bits per heavy atom. The van der Waals surface area contributed by atoms with Crippen LogP contribution in [0.3, 0.4) is 0 Å². The molecule has 2 rings (SSSR count). The normalized spacial score (nSPS) is 32.7. The molecular formula is C8H14N2S. The summed E-state index contributed by atoms with van der Waals surface area (Å²) in [6, 6.07) is 0.594. The lowest BCUT2D eigenvalue weighted by Crippen LogP contribution is -2.24. The summed E-state index contributed by atoms with van der Waals surface area (Å²) in [5.74, 6) is 2.18. The molecule has 1 aliphatic heterocycles. The fourth-order valence-corrected chi connectivity index (χ4v) is 2.49. The number of nitrogens with two attached hydrogens (primary N) is 1. The summed E-state index contributed by atoms with van der Waals surface area (Å²) in [5, 5.41) is 0.551. The smallest absolute Gasteiger partial charge is 0.107 e. The molecule has 2 nitrogen and oxygen atoms in total. The largest absolute Gasteiger partial charge is 0.387 e. The Balaban J connectivity index is 1.90. The third-order valence-corrected chi connectivity index (χ3v) is 3.54. The first-order valence-corrected chi connectivity index (χ1v) is 5.36. The van der Waals surface area contributed by atoms with Gasteiger partial charge in [-0.25, -0.2) is 0 Å². The van der Waals surface area contributed by atoms with E-state index in [1.807, 2.05) is 11.8 Å². The number of nitrogens with zero attached hydrogens (tertiary/aromatic N) is 1. The number of thioether (sulfide) groups is 1. The van der Waals surface area contributed by atoms with Gasteiger partial charge in [-0.2, -0.15) is 11.8 Å². The molecule has 1 unspecified atom stereocenters. The summed E-state index contributed by atoms with van der Waals surface area (Å²) in [4.78, 5) is 4.44. The molecule has 1 saturated carbocycles. The monoisotopic (exact) mass is 170 g/mol. The van der Waals surface area contributed by atoms with E-state index < -0.39 is 0 Å². The van der Waals surface area contributed by atoms with E-state index in [2.05, 4.69) is 4.99 Å². The summed E-state index contributed by atoms with van der Waals surface area (Å²) in [7, 11) is 0. The van der Waals surface area contributed by atoms with Crippen LogP contribution in [-0.2, 0) is 0 Å². The van der Waals surface area contributed by atoms with Crippen molar-refractivity contribution in [1.82, 2.24) is 0 Å². The van der Waals surface area contributed by atoms with E-state index in [-0.39, 0.29) is 0 Å². The van der Waals surface area contributed by atoms with Crippen LogP contribution in [0.25, 0.3) is 0 Å². The van der Waals surface area contributed by atoms with E-state index in [1.165, 1.54) is 31.4 Å². The van der Waals surface area contributed by atoms with E-state index in [0.29, 0.717) is 11.3 Å². The lowest BCUT2D eigenvalue weighted by Gasteiger charge is -2.06. The van der Waals surface area contributed by atoms with E-state index in [1.54, 1.807) is 0 Å². The van der Waals surface area contributed by atoms with Gasteiger partial charge in [-0.15, -0.1) is 0 Å². The molecule has 0 aromatic rings. The summed E-state index contributed by atoms with van der Waals surface area (Å²) in [5.41, 5.74) is 5.85. The van der Waals surface area contributed by atoms with Gasteiger partial charge in [-0.05, 0) is 31.4 Å². The summed E-state index contributed by atoms with van der Waals surface area (Å²) < 4.78 is 0. The van der Waals surface area contributed by atoms with Crippen molar-refractivity contribution in [2.24, 2.45) is 10.7 Å². The average molecular weight is 170 g/mol. The Kier molecular flexibility index (Phi) is 2.07. The highest BCUT2D eigenvalue weighted by Crippen LogP contribution is 2.29. The van der Waals surface area contributed by atoms with Crippen molar-refractivity contribution < 1.29 is 0 Å². The minimum atomic E-state index is 0.551. The van der Waals surface area contributed by atoms with Crippen molar-refractivity contribution in [3.05, 3.63) is 0 Å². The second-order valence-electron chi connectivity index (χ2n) is 3.29. The zero-order valence-electron chi connectivity index (χ0n) is 6.62. The molecule has 1 aliphatic carbocycles. The van der Waals surface area contributed by atoms with E-state index in [4.69, 9.17) is 5.73 Å². The van der Waals surface area contributed by atoms with Gasteiger partial charge < -0.3 is 5.73 Å². The Labute approximate surface area is 71.6 Å². The second kappa shape index (κ2) is 3.05. The highest BCUT2D eigenvalue weighted by atomic mass is 32.2. The van der Waals surface area contributed by atoms with Crippen LogP contribution in [0.5, 0.6) is 0 Å². The first-order chi connectivity index (χ1) is 5.36. The van der Waals surface area contributed by atoms with Gasteiger partial charge in [0.1, 0.15) is 5.84 Å². The SMILES string of the molecule is NC(=NC1CC1)C1CCCS1. The Morgan fingerprint density at radius 2 is 2.18 bits per heavy atom. The third kappa shape index (κ3) is 1.89. The Bertz CT molecular complexity index is 169. The van der Waals surface area contributed by atoms with Gasteiger partial charge in [-0.3, -0.25) is 4.99 Å². The maximum atomic E-state index is 5.85. The molecule has 0 spiro atoms. The maximum Gasteiger partial charge on any atom is 0.107 e.